The molecule has 0 bridgehead atoms. The number of fused-ring (bicyclic) bond motifs is 4. The summed E-state index contributed by atoms with van der Waals surface area (Å²) in [7, 11) is 0. The summed E-state index contributed by atoms with van der Waals surface area (Å²) in [4.78, 5) is 39.6. The molecule has 2 amide bonds. The predicted molar refractivity (Wildman–Crippen MR) is 126 cm³/mol. The maximum atomic E-state index is 13.4. The normalized spacial score (nSPS) is 28.6. The first kappa shape index (κ1) is 22.1. The summed E-state index contributed by atoms with van der Waals surface area (Å²) in [5.74, 6) is -1.84. The summed E-state index contributed by atoms with van der Waals surface area (Å²) < 4.78 is 11.2. The fraction of sp³-hybridized carbons (Fsp3) is 0.444. The van der Waals surface area contributed by atoms with Crippen molar-refractivity contribution >= 4 is 18.0 Å². The smallest absolute Gasteiger partial charge is 0.407 e. The molecule has 4 atom stereocenters. The number of aliphatic carboxylic acids is 1. The van der Waals surface area contributed by atoms with Crippen LogP contribution < -0.4 is 5.32 Å². The first-order chi connectivity index (χ1) is 17.0. The van der Waals surface area contributed by atoms with Crippen LogP contribution in [0.5, 0.6) is 0 Å². The van der Waals surface area contributed by atoms with Crippen LogP contribution in [-0.4, -0.2) is 65.9 Å². The average molecular weight is 477 g/mol. The molecule has 6 rings (SSSR count). The van der Waals surface area contributed by atoms with Gasteiger partial charge in [0.05, 0.1) is 25.2 Å². The van der Waals surface area contributed by atoms with Gasteiger partial charge in [-0.15, -0.1) is 0 Å². The molecule has 2 N–H and O–H groups in total. The lowest BCUT2D eigenvalue weighted by Gasteiger charge is -2.36. The third-order valence-corrected chi connectivity index (χ3v) is 8.17. The SMILES string of the molecule is O=C(NC1COCC1C(=O)N1CCCC2CC21C(=O)O)OCC1c2ccccc2-c2ccccc21. The number of rotatable bonds is 5. The lowest BCUT2D eigenvalue weighted by molar-refractivity contribution is -0.156. The summed E-state index contributed by atoms with van der Waals surface area (Å²) in [5.41, 5.74) is 3.48. The number of alkyl carbamates (subject to hydrolysis) is 1. The molecule has 8 heteroatoms. The predicted octanol–water partition coefficient (Wildman–Crippen LogP) is 3.01. The molecule has 0 radical (unpaired) electrons. The van der Waals surface area contributed by atoms with Crippen LogP contribution in [0.2, 0.25) is 0 Å². The minimum absolute atomic E-state index is 0.0218. The first-order valence-electron chi connectivity index (χ1n) is 12.2. The van der Waals surface area contributed by atoms with Crippen LogP contribution in [0.25, 0.3) is 11.1 Å². The zero-order valence-electron chi connectivity index (χ0n) is 19.3. The largest absolute Gasteiger partial charge is 0.479 e. The van der Waals surface area contributed by atoms with Gasteiger partial charge >= 0.3 is 12.1 Å². The zero-order chi connectivity index (χ0) is 24.2. The van der Waals surface area contributed by atoms with Crippen LogP contribution in [0.3, 0.4) is 0 Å². The highest BCUT2D eigenvalue weighted by molar-refractivity contribution is 5.92. The van der Waals surface area contributed by atoms with Crippen molar-refractivity contribution in [1.82, 2.24) is 10.2 Å². The van der Waals surface area contributed by atoms with Crippen LogP contribution in [-0.2, 0) is 19.1 Å². The van der Waals surface area contributed by atoms with Crippen LogP contribution in [0.4, 0.5) is 4.79 Å². The Bertz CT molecular complexity index is 1150. The summed E-state index contributed by atoms with van der Waals surface area (Å²) in [6.45, 7) is 0.958. The number of hydrogen-bond donors (Lipinski definition) is 2. The average Bonchev–Trinajstić information content (AvgIpc) is 3.34. The number of carbonyl (C=O) groups excluding carboxylic acids is 2. The van der Waals surface area contributed by atoms with Gasteiger partial charge < -0.3 is 24.8 Å². The molecule has 182 valence electrons. The molecule has 2 aromatic carbocycles. The summed E-state index contributed by atoms with van der Waals surface area (Å²) in [6, 6.07) is 15.7. The Morgan fingerprint density at radius 1 is 1.06 bits per heavy atom. The van der Waals surface area contributed by atoms with Crippen LogP contribution >= 0.6 is 0 Å². The quantitative estimate of drug-likeness (QED) is 0.688. The highest BCUT2D eigenvalue weighted by atomic mass is 16.5. The molecule has 1 saturated carbocycles. The van der Waals surface area contributed by atoms with E-state index in [1.165, 1.54) is 4.90 Å². The molecule has 0 spiro atoms. The number of carbonyl (C=O) groups is 3. The fourth-order valence-corrected chi connectivity index (χ4v) is 6.30. The van der Waals surface area contributed by atoms with E-state index in [0.717, 1.165) is 35.1 Å². The Kier molecular flexibility index (Phi) is 5.29. The van der Waals surface area contributed by atoms with Gasteiger partial charge in [0, 0.05) is 12.5 Å². The molecular weight excluding hydrogens is 448 g/mol. The van der Waals surface area contributed by atoms with Crippen LogP contribution in [0, 0.1) is 11.8 Å². The second-order valence-corrected chi connectivity index (χ2v) is 9.98. The van der Waals surface area contributed by atoms with Gasteiger partial charge in [0.25, 0.3) is 0 Å². The summed E-state index contributed by atoms with van der Waals surface area (Å²) >= 11 is 0. The minimum atomic E-state index is -1.08. The minimum Gasteiger partial charge on any atom is -0.479 e. The van der Waals surface area contributed by atoms with Crippen molar-refractivity contribution in [2.75, 3.05) is 26.4 Å². The number of benzene rings is 2. The van der Waals surface area contributed by atoms with Crippen molar-refractivity contribution in [2.45, 2.75) is 36.8 Å². The fourth-order valence-electron chi connectivity index (χ4n) is 6.30. The Morgan fingerprint density at radius 2 is 1.74 bits per heavy atom. The molecule has 35 heavy (non-hydrogen) atoms. The number of nitrogens with one attached hydrogen (secondary N) is 1. The van der Waals surface area contributed by atoms with Crippen molar-refractivity contribution < 1.29 is 29.0 Å². The lowest BCUT2D eigenvalue weighted by Crippen LogP contribution is -2.56. The van der Waals surface area contributed by atoms with Crippen molar-refractivity contribution in [2.24, 2.45) is 11.8 Å². The number of piperidine rings is 1. The van der Waals surface area contributed by atoms with Gasteiger partial charge in [0.15, 0.2) is 0 Å². The number of nitrogens with zero attached hydrogens (tertiary/aromatic N) is 1. The molecule has 2 aliphatic carbocycles. The van der Waals surface area contributed by atoms with Gasteiger partial charge in [0.1, 0.15) is 12.1 Å². The van der Waals surface area contributed by atoms with E-state index >= 15 is 0 Å². The van der Waals surface area contributed by atoms with E-state index in [9.17, 15) is 19.5 Å². The number of amides is 2. The van der Waals surface area contributed by atoms with Crippen molar-refractivity contribution in [3.63, 3.8) is 0 Å². The molecule has 3 fully saturated rings. The molecular formula is C27H28N2O6. The van der Waals surface area contributed by atoms with Crippen molar-refractivity contribution in [3.8, 4) is 11.1 Å². The van der Waals surface area contributed by atoms with E-state index in [1.807, 2.05) is 24.3 Å². The molecule has 0 aromatic heterocycles. The van der Waals surface area contributed by atoms with Gasteiger partial charge in [0.2, 0.25) is 5.91 Å². The van der Waals surface area contributed by atoms with Crippen molar-refractivity contribution in [3.05, 3.63) is 59.7 Å². The van der Waals surface area contributed by atoms with Gasteiger partial charge in [-0.25, -0.2) is 9.59 Å². The lowest BCUT2D eigenvalue weighted by atomic mass is 9.96. The first-order valence-corrected chi connectivity index (χ1v) is 12.2. The molecule has 2 aromatic rings. The van der Waals surface area contributed by atoms with Gasteiger partial charge in [-0.05, 0) is 47.4 Å². The Balaban J connectivity index is 1.12. The van der Waals surface area contributed by atoms with Gasteiger partial charge in [-0.3, -0.25) is 4.79 Å². The van der Waals surface area contributed by atoms with Crippen LogP contribution in [0.1, 0.15) is 36.3 Å². The van der Waals surface area contributed by atoms with E-state index in [1.54, 1.807) is 0 Å². The van der Waals surface area contributed by atoms with E-state index in [2.05, 4.69) is 29.6 Å². The number of carboxylic acid groups (broad SMARTS) is 1. The highest BCUT2D eigenvalue weighted by Gasteiger charge is 2.67. The summed E-state index contributed by atoms with van der Waals surface area (Å²) in [6.07, 6.45) is 1.53. The Hall–Kier alpha value is -3.39. The van der Waals surface area contributed by atoms with Gasteiger partial charge in [-0.2, -0.15) is 0 Å². The Morgan fingerprint density at radius 3 is 2.43 bits per heavy atom. The monoisotopic (exact) mass is 476 g/mol. The second kappa shape index (κ2) is 8.37. The van der Waals surface area contributed by atoms with Gasteiger partial charge in [-0.1, -0.05) is 48.5 Å². The standard InChI is InChI=1S/C27H28N2O6/c30-24(29-11-5-6-16-12-27(16,29)25(31)32)22-13-34-15-23(22)28-26(33)35-14-21-19-9-3-1-7-17(19)18-8-2-4-10-20(18)21/h1-4,7-10,16,21-23H,5-6,11-15H2,(H,28,33)(H,31,32). The topological polar surface area (TPSA) is 105 Å². The molecule has 4 aliphatic rings. The van der Waals surface area contributed by atoms with E-state index < -0.39 is 29.6 Å². The van der Waals surface area contributed by atoms with E-state index in [-0.39, 0.29) is 37.6 Å². The third kappa shape index (κ3) is 3.50. The number of ether oxygens (including phenoxy) is 2. The summed E-state index contributed by atoms with van der Waals surface area (Å²) in [5, 5.41) is 12.6. The maximum absolute atomic E-state index is 13.4. The molecule has 2 saturated heterocycles. The van der Waals surface area contributed by atoms with E-state index in [4.69, 9.17) is 9.47 Å². The van der Waals surface area contributed by atoms with Crippen molar-refractivity contribution in [1.29, 1.82) is 0 Å². The number of carboxylic acids is 1. The molecule has 4 unspecified atom stereocenters. The Labute approximate surface area is 203 Å². The van der Waals surface area contributed by atoms with Crippen LogP contribution in [0.15, 0.2) is 48.5 Å². The molecule has 2 aliphatic heterocycles. The maximum Gasteiger partial charge on any atom is 0.407 e. The number of hydrogen-bond acceptors (Lipinski definition) is 5. The molecule has 2 heterocycles. The number of likely N-dealkylation sites (tertiary alicyclic amines) is 1. The zero-order valence-corrected chi connectivity index (χ0v) is 19.3. The third-order valence-electron chi connectivity index (χ3n) is 8.17. The van der Waals surface area contributed by atoms with E-state index in [0.29, 0.717) is 13.0 Å². The molecule has 8 nitrogen and oxygen atoms in total. The highest BCUT2D eigenvalue weighted by Crippen LogP contribution is 2.54. The second-order valence-electron chi connectivity index (χ2n) is 9.98.